The fraction of sp³-hybridized carbons (Fsp3) is 0.294. The molecule has 0 saturated carbocycles. The van der Waals surface area contributed by atoms with Crippen molar-refractivity contribution in [3.63, 3.8) is 0 Å². The predicted octanol–water partition coefficient (Wildman–Crippen LogP) is 3.36. The van der Waals surface area contributed by atoms with Gasteiger partial charge in [0.05, 0.1) is 5.92 Å². The van der Waals surface area contributed by atoms with E-state index in [1.807, 2.05) is 6.07 Å². The van der Waals surface area contributed by atoms with Crippen LogP contribution in [0, 0.1) is 5.92 Å². The SMILES string of the molecule is CC(c1ccccn1)C(CP(=O)(O)Cc1ccccc1)C(=O)O. The van der Waals surface area contributed by atoms with Crippen LogP contribution in [-0.2, 0) is 15.5 Å². The number of rotatable bonds is 7. The van der Waals surface area contributed by atoms with Gasteiger partial charge in [-0.05, 0) is 17.7 Å². The average molecular weight is 333 g/mol. The molecule has 23 heavy (non-hydrogen) atoms. The maximum atomic E-state index is 12.5. The van der Waals surface area contributed by atoms with Crippen LogP contribution in [0.4, 0.5) is 0 Å². The molecule has 3 atom stereocenters. The summed E-state index contributed by atoms with van der Waals surface area (Å²) in [5.74, 6) is -2.47. The maximum absolute atomic E-state index is 12.5. The van der Waals surface area contributed by atoms with Gasteiger partial charge in [0, 0.05) is 30.1 Å². The third-order valence-corrected chi connectivity index (χ3v) is 5.65. The van der Waals surface area contributed by atoms with Crippen molar-refractivity contribution >= 4 is 13.3 Å². The smallest absolute Gasteiger partial charge is 0.307 e. The van der Waals surface area contributed by atoms with Crippen LogP contribution >= 0.6 is 7.37 Å². The molecule has 5 nitrogen and oxygen atoms in total. The lowest BCUT2D eigenvalue weighted by atomic mass is 9.92. The molecule has 0 saturated heterocycles. The third-order valence-electron chi connectivity index (χ3n) is 3.83. The summed E-state index contributed by atoms with van der Waals surface area (Å²) in [5, 5.41) is 9.47. The van der Waals surface area contributed by atoms with Crippen LogP contribution < -0.4 is 0 Å². The van der Waals surface area contributed by atoms with Crippen molar-refractivity contribution in [1.82, 2.24) is 4.98 Å². The lowest BCUT2D eigenvalue weighted by Gasteiger charge is -2.22. The number of benzene rings is 1. The van der Waals surface area contributed by atoms with E-state index in [9.17, 15) is 19.4 Å². The number of hydrogen-bond donors (Lipinski definition) is 2. The molecule has 1 heterocycles. The van der Waals surface area contributed by atoms with E-state index in [2.05, 4.69) is 4.98 Å². The largest absolute Gasteiger partial charge is 0.481 e. The van der Waals surface area contributed by atoms with Crippen LogP contribution in [0.5, 0.6) is 0 Å². The second-order valence-electron chi connectivity index (χ2n) is 5.66. The van der Waals surface area contributed by atoms with Crippen molar-refractivity contribution in [2.75, 3.05) is 6.16 Å². The van der Waals surface area contributed by atoms with Gasteiger partial charge in [-0.1, -0.05) is 43.3 Å². The van der Waals surface area contributed by atoms with Crippen LogP contribution in [0.2, 0.25) is 0 Å². The Morgan fingerprint density at radius 3 is 2.39 bits per heavy atom. The Hall–Kier alpha value is -1.97. The zero-order valence-electron chi connectivity index (χ0n) is 12.9. The fourth-order valence-electron chi connectivity index (χ4n) is 2.54. The molecule has 1 aromatic carbocycles. The number of carbonyl (C=O) groups is 1. The van der Waals surface area contributed by atoms with E-state index >= 15 is 0 Å². The van der Waals surface area contributed by atoms with Crippen molar-refractivity contribution in [3.05, 3.63) is 66.0 Å². The third kappa shape index (κ3) is 5.02. The number of nitrogens with zero attached hydrogens (tertiary/aromatic N) is 1. The molecule has 2 aromatic rings. The van der Waals surface area contributed by atoms with Crippen LogP contribution in [-0.4, -0.2) is 27.1 Å². The van der Waals surface area contributed by atoms with Crippen LogP contribution in [0.15, 0.2) is 54.7 Å². The molecule has 122 valence electrons. The van der Waals surface area contributed by atoms with E-state index in [4.69, 9.17) is 0 Å². The maximum Gasteiger partial charge on any atom is 0.307 e. The number of hydrogen-bond acceptors (Lipinski definition) is 3. The number of carboxylic acids is 1. The summed E-state index contributed by atoms with van der Waals surface area (Å²) >= 11 is 0. The molecule has 2 rings (SSSR count). The van der Waals surface area contributed by atoms with Gasteiger partial charge in [0.1, 0.15) is 0 Å². The van der Waals surface area contributed by atoms with Crippen LogP contribution in [0.25, 0.3) is 0 Å². The summed E-state index contributed by atoms with van der Waals surface area (Å²) in [4.78, 5) is 26.0. The molecule has 0 spiro atoms. The Labute approximate surface area is 135 Å². The summed E-state index contributed by atoms with van der Waals surface area (Å²) in [5.41, 5.74) is 1.34. The second-order valence-corrected chi connectivity index (χ2v) is 8.03. The van der Waals surface area contributed by atoms with E-state index in [-0.39, 0.29) is 12.3 Å². The van der Waals surface area contributed by atoms with Gasteiger partial charge >= 0.3 is 5.97 Å². The van der Waals surface area contributed by atoms with Crippen LogP contribution in [0.1, 0.15) is 24.1 Å². The summed E-state index contributed by atoms with van der Waals surface area (Å²) < 4.78 is 12.5. The normalized spacial score (nSPS) is 16.3. The minimum absolute atomic E-state index is 0.0213. The first-order valence-electron chi connectivity index (χ1n) is 7.37. The zero-order valence-corrected chi connectivity index (χ0v) is 13.8. The van der Waals surface area contributed by atoms with Gasteiger partial charge in [-0.15, -0.1) is 0 Å². The molecular formula is C17H20NO4P. The van der Waals surface area contributed by atoms with Crippen molar-refractivity contribution in [2.45, 2.75) is 19.0 Å². The average Bonchev–Trinajstić information content (AvgIpc) is 2.53. The molecular weight excluding hydrogens is 313 g/mol. The zero-order chi connectivity index (χ0) is 16.9. The highest BCUT2D eigenvalue weighted by Crippen LogP contribution is 2.48. The molecule has 0 aliphatic rings. The van der Waals surface area contributed by atoms with E-state index in [1.165, 1.54) is 0 Å². The molecule has 0 amide bonds. The molecule has 0 fully saturated rings. The quantitative estimate of drug-likeness (QED) is 0.759. The molecule has 3 unspecified atom stereocenters. The molecule has 2 N–H and O–H groups in total. The van der Waals surface area contributed by atoms with E-state index in [1.54, 1.807) is 55.6 Å². The van der Waals surface area contributed by atoms with Crippen molar-refractivity contribution in [2.24, 2.45) is 5.92 Å². The lowest BCUT2D eigenvalue weighted by Crippen LogP contribution is -2.25. The van der Waals surface area contributed by atoms with Crippen molar-refractivity contribution in [3.8, 4) is 0 Å². The summed E-state index contributed by atoms with van der Waals surface area (Å²) in [6.07, 6.45) is 1.30. The summed E-state index contributed by atoms with van der Waals surface area (Å²) in [7, 11) is -3.61. The predicted molar refractivity (Wildman–Crippen MR) is 88.6 cm³/mol. The van der Waals surface area contributed by atoms with E-state index < -0.39 is 25.2 Å². The van der Waals surface area contributed by atoms with Gasteiger partial charge in [-0.2, -0.15) is 0 Å². The van der Waals surface area contributed by atoms with E-state index in [0.717, 1.165) is 5.56 Å². The first-order valence-corrected chi connectivity index (χ1v) is 9.40. The molecule has 6 heteroatoms. The number of pyridine rings is 1. The Kier molecular flexibility index (Phi) is 5.69. The standard InChI is InChI=1S/C17H20NO4P/c1-13(16-9-5-6-10-18-16)15(17(19)20)12-23(21,22)11-14-7-3-2-4-8-14/h2-10,13,15H,11-12H2,1H3,(H,19,20)(H,21,22). The Balaban J connectivity index is 2.15. The van der Waals surface area contributed by atoms with Crippen LogP contribution in [0.3, 0.4) is 0 Å². The molecule has 0 radical (unpaired) electrons. The van der Waals surface area contributed by atoms with Gasteiger partial charge in [-0.25, -0.2) is 0 Å². The summed E-state index contributed by atoms with van der Waals surface area (Å²) in [6.45, 7) is 1.73. The molecule has 0 aliphatic carbocycles. The lowest BCUT2D eigenvalue weighted by molar-refractivity contribution is -0.141. The number of aromatic nitrogens is 1. The Morgan fingerprint density at radius 2 is 1.83 bits per heavy atom. The summed E-state index contributed by atoms with van der Waals surface area (Å²) in [6, 6.07) is 14.2. The number of aliphatic carboxylic acids is 1. The van der Waals surface area contributed by atoms with Gasteiger partial charge in [0.25, 0.3) is 0 Å². The minimum atomic E-state index is -3.61. The second kappa shape index (κ2) is 7.53. The Morgan fingerprint density at radius 1 is 1.17 bits per heavy atom. The first kappa shape index (κ1) is 17.4. The minimum Gasteiger partial charge on any atom is -0.481 e. The van der Waals surface area contributed by atoms with Crippen molar-refractivity contribution in [1.29, 1.82) is 0 Å². The monoisotopic (exact) mass is 333 g/mol. The number of carboxylic acid groups (broad SMARTS) is 1. The first-order chi connectivity index (χ1) is 10.9. The van der Waals surface area contributed by atoms with Gasteiger partial charge < -0.3 is 10.00 Å². The van der Waals surface area contributed by atoms with Gasteiger partial charge in [-0.3, -0.25) is 14.3 Å². The highest BCUT2D eigenvalue weighted by molar-refractivity contribution is 7.57. The molecule has 0 aliphatic heterocycles. The fourth-order valence-corrected chi connectivity index (χ4v) is 4.54. The highest BCUT2D eigenvalue weighted by atomic mass is 31.2. The topological polar surface area (TPSA) is 87.5 Å². The van der Waals surface area contributed by atoms with Gasteiger partial charge in [0.15, 0.2) is 0 Å². The van der Waals surface area contributed by atoms with Crippen molar-refractivity contribution < 1.29 is 19.4 Å². The Bertz CT molecular complexity index is 690. The molecule has 1 aromatic heterocycles. The van der Waals surface area contributed by atoms with E-state index in [0.29, 0.717) is 5.69 Å². The highest BCUT2D eigenvalue weighted by Gasteiger charge is 2.34. The van der Waals surface area contributed by atoms with Gasteiger partial charge in [0.2, 0.25) is 7.37 Å². The molecule has 0 bridgehead atoms.